The van der Waals surface area contributed by atoms with E-state index in [4.69, 9.17) is 16.7 Å². The molecule has 0 aliphatic carbocycles. The van der Waals surface area contributed by atoms with Crippen LogP contribution in [-0.2, 0) is 0 Å². The lowest BCUT2D eigenvalue weighted by atomic mass is 10.2. The van der Waals surface area contributed by atoms with Crippen molar-refractivity contribution in [2.45, 2.75) is 0 Å². The molecular formula is C12H8ClNO3S. The summed E-state index contributed by atoms with van der Waals surface area (Å²) in [5.74, 6) is -1.34. The summed E-state index contributed by atoms with van der Waals surface area (Å²) in [7, 11) is 0. The molecule has 0 fully saturated rings. The Morgan fingerprint density at radius 1 is 1.22 bits per heavy atom. The number of hydrogen-bond acceptors (Lipinski definition) is 3. The van der Waals surface area contributed by atoms with Crippen LogP contribution in [0.25, 0.3) is 0 Å². The van der Waals surface area contributed by atoms with E-state index in [1.807, 2.05) is 0 Å². The molecule has 0 radical (unpaired) electrons. The van der Waals surface area contributed by atoms with Crippen molar-refractivity contribution in [1.29, 1.82) is 0 Å². The average Bonchev–Trinajstić information content (AvgIpc) is 2.85. The molecule has 0 aliphatic rings. The van der Waals surface area contributed by atoms with Gasteiger partial charge in [-0.25, -0.2) is 4.79 Å². The van der Waals surface area contributed by atoms with Gasteiger partial charge in [-0.3, -0.25) is 4.79 Å². The third-order valence-electron chi connectivity index (χ3n) is 2.25. The lowest BCUT2D eigenvalue weighted by Crippen LogP contribution is -2.11. The first kappa shape index (κ1) is 12.6. The minimum absolute atomic E-state index is 0.0773. The fraction of sp³-hybridized carbons (Fsp3) is 0. The molecule has 0 bridgehead atoms. The number of amides is 1. The second-order valence-corrected chi connectivity index (χ2v) is 4.65. The van der Waals surface area contributed by atoms with Crippen LogP contribution in [0.1, 0.15) is 20.7 Å². The van der Waals surface area contributed by atoms with E-state index in [0.717, 1.165) is 0 Å². The molecule has 4 nitrogen and oxygen atoms in total. The van der Waals surface area contributed by atoms with Gasteiger partial charge in [0.1, 0.15) is 0 Å². The van der Waals surface area contributed by atoms with Gasteiger partial charge in [-0.15, -0.1) is 0 Å². The zero-order valence-corrected chi connectivity index (χ0v) is 10.6. The van der Waals surface area contributed by atoms with Crippen LogP contribution in [0.4, 0.5) is 5.69 Å². The molecule has 0 unspecified atom stereocenters. The van der Waals surface area contributed by atoms with E-state index < -0.39 is 5.97 Å². The van der Waals surface area contributed by atoms with E-state index >= 15 is 0 Å². The Hall–Kier alpha value is -1.85. The summed E-state index contributed by atoms with van der Waals surface area (Å²) < 4.78 is 0. The van der Waals surface area contributed by atoms with Crippen molar-refractivity contribution in [2.24, 2.45) is 0 Å². The van der Waals surface area contributed by atoms with E-state index in [1.54, 1.807) is 16.8 Å². The molecule has 0 aliphatic heterocycles. The summed E-state index contributed by atoms with van der Waals surface area (Å²) >= 11 is 7.32. The van der Waals surface area contributed by atoms with Crippen molar-refractivity contribution in [3.8, 4) is 0 Å². The monoisotopic (exact) mass is 281 g/mol. The van der Waals surface area contributed by atoms with Crippen LogP contribution in [0.3, 0.4) is 0 Å². The van der Waals surface area contributed by atoms with Crippen molar-refractivity contribution in [3.63, 3.8) is 0 Å². The van der Waals surface area contributed by atoms with Gasteiger partial charge in [0.15, 0.2) is 0 Å². The molecule has 0 atom stereocenters. The van der Waals surface area contributed by atoms with E-state index in [1.165, 1.54) is 29.5 Å². The summed E-state index contributed by atoms with van der Waals surface area (Å²) in [5, 5.41) is 15.1. The number of carbonyl (C=O) groups is 2. The molecule has 2 N–H and O–H groups in total. The lowest BCUT2D eigenvalue weighted by Gasteiger charge is -2.06. The predicted octanol–water partition coefficient (Wildman–Crippen LogP) is 3.35. The van der Waals surface area contributed by atoms with Crippen molar-refractivity contribution in [1.82, 2.24) is 0 Å². The maximum atomic E-state index is 11.8. The molecule has 0 saturated carbocycles. The third-order valence-corrected chi connectivity index (χ3v) is 3.24. The summed E-state index contributed by atoms with van der Waals surface area (Å²) in [5.41, 5.74) is 1.00. The standard InChI is InChI=1S/C12H8ClNO3S/c13-9-5-7(12(16)17)1-2-10(9)14-11(15)8-3-4-18-6-8/h1-6H,(H,14,15)(H,16,17). The minimum Gasteiger partial charge on any atom is -0.478 e. The fourth-order valence-corrected chi connectivity index (χ4v) is 2.20. The number of benzene rings is 1. The normalized spacial score (nSPS) is 10.1. The topological polar surface area (TPSA) is 66.4 Å². The van der Waals surface area contributed by atoms with E-state index in [-0.39, 0.29) is 16.5 Å². The zero-order chi connectivity index (χ0) is 13.1. The van der Waals surface area contributed by atoms with Crippen molar-refractivity contribution < 1.29 is 14.7 Å². The first-order chi connectivity index (χ1) is 8.58. The Labute approximate surface area is 112 Å². The molecule has 92 valence electrons. The number of rotatable bonds is 3. The van der Waals surface area contributed by atoms with Crippen LogP contribution < -0.4 is 5.32 Å². The van der Waals surface area contributed by atoms with Gasteiger partial charge in [-0.1, -0.05) is 11.6 Å². The van der Waals surface area contributed by atoms with Gasteiger partial charge in [-0.05, 0) is 29.6 Å². The Morgan fingerprint density at radius 3 is 2.56 bits per heavy atom. The van der Waals surface area contributed by atoms with Crippen LogP contribution in [-0.4, -0.2) is 17.0 Å². The molecule has 18 heavy (non-hydrogen) atoms. The number of thiophene rings is 1. The van der Waals surface area contributed by atoms with Gasteiger partial charge in [-0.2, -0.15) is 11.3 Å². The van der Waals surface area contributed by atoms with Crippen molar-refractivity contribution in [3.05, 3.63) is 51.2 Å². The number of halogens is 1. The van der Waals surface area contributed by atoms with Gasteiger partial charge in [0.05, 0.1) is 21.8 Å². The Kier molecular flexibility index (Phi) is 3.64. The molecular weight excluding hydrogens is 274 g/mol. The molecule has 1 aromatic heterocycles. The maximum Gasteiger partial charge on any atom is 0.335 e. The number of nitrogens with one attached hydrogen (secondary N) is 1. The van der Waals surface area contributed by atoms with Crippen molar-refractivity contribution in [2.75, 3.05) is 5.32 Å². The number of anilines is 1. The first-order valence-electron chi connectivity index (χ1n) is 4.94. The number of carboxylic acids is 1. The second-order valence-electron chi connectivity index (χ2n) is 3.47. The van der Waals surface area contributed by atoms with Crippen LogP contribution in [0, 0.1) is 0 Å². The van der Waals surface area contributed by atoms with Gasteiger partial charge >= 0.3 is 5.97 Å². The zero-order valence-electron chi connectivity index (χ0n) is 9.01. The highest BCUT2D eigenvalue weighted by molar-refractivity contribution is 7.08. The highest BCUT2D eigenvalue weighted by atomic mass is 35.5. The molecule has 1 heterocycles. The molecule has 0 saturated heterocycles. The molecule has 2 rings (SSSR count). The molecule has 2 aromatic rings. The molecule has 0 spiro atoms. The van der Waals surface area contributed by atoms with E-state index in [2.05, 4.69) is 5.32 Å². The maximum absolute atomic E-state index is 11.8. The smallest absolute Gasteiger partial charge is 0.335 e. The minimum atomic E-state index is -1.06. The quantitative estimate of drug-likeness (QED) is 0.906. The molecule has 6 heteroatoms. The number of carbonyl (C=O) groups excluding carboxylic acids is 1. The number of carboxylic acid groups (broad SMARTS) is 1. The number of aromatic carboxylic acids is 1. The SMILES string of the molecule is O=C(O)c1ccc(NC(=O)c2ccsc2)c(Cl)c1. The highest BCUT2D eigenvalue weighted by Crippen LogP contribution is 2.24. The Morgan fingerprint density at radius 2 is 2.00 bits per heavy atom. The summed E-state index contributed by atoms with van der Waals surface area (Å²) in [6, 6.07) is 5.85. The molecule has 1 aromatic carbocycles. The first-order valence-corrected chi connectivity index (χ1v) is 6.26. The third kappa shape index (κ3) is 2.69. The van der Waals surface area contributed by atoms with Gasteiger partial charge in [0, 0.05) is 5.38 Å². The summed E-state index contributed by atoms with van der Waals surface area (Å²) in [6.07, 6.45) is 0. The van der Waals surface area contributed by atoms with Crippen LogP contribution >= 0.6 is 22.9 Å². The largest absolute Gasteiger partial charge is 0.478 e. The van der Waals surface area contributed by atoms with Crippen LogP contribution in [0.2, 0.25) is 5.02 Å². The Balaban J connectivity index is 2.20. The summed E-state index contributed by atoms with van der Waals surface area (Å²) in [4.78, 5) is 22.5. The average molecular weight is 282 g/mol. The van der Waals surface area contributed by atoms with Gasteiger partial charge in [0.2, 0.25) is 0 Å². The Bertz CT molecular complexity index is 595. The van der Waals surface area contributed by atoms with Crippen molar-refractivity contribution >= 4 is 40.5 Å². The van der Waals surface area contributed by atoms with E-state index in [0.29, 0.717) is 11.3 Å². The lowest BCUT2D eigenvalue weighted by molar-refractivity contribution is 0.0696. The van der Waals surface area contributed by atoms with Crippen LogP contribution in [0.5, 0.6) is 0 Å². The summed E-state index contributed by atoms with van der Waals surface area (Å²) in [6.45, 7) is 0. The number of hydrogen-bond donors (Lipinski definition) is 2. The molecule has 1 amide bonds. The van der Waals surface area contributed by atoms with Gasteiger partial charge < -0.3 is 10.4 Å². The second kappa shape index (κ2) is 5.20. The fourth-order valence-electron chi connectivity index (χ4n) is 1.34. The highest BCUT2D eigenvalue weighted by Gasteiger charge is 2.11. The van der Waals surface area contributed by atoms with E-state index in [9.17, 15) is 9.59 Å². The van der Waals surface area contributed by atoms with Crippen LogP contribution in [0.15, 0.2) is 35.0 Å². The van der Waals surface area contributed by atoms with Gasteiger partial charge in [0.25, 0.3) is 5.91 Å². The predicted molar refractivity (Wildman–Crippen MR) is 70.7 cm³/mol.